The molecule has 0 atom stereocenters. The third-order valence-corrected chi connectivity index (χ3v) is 7.47. The summed E-state index contributed by atoms with van der Waals surface area (Å²) in [5.74, 6) is 0.565. The second kappa shape index (κ2) is 12.2. The van der Waals surface area contributed by atoms with Crippen molar-refractivity contribution in [2.24, 2.45) is 5.92 Å². The molecule has 1 N–H and O–H groups in total. The molecule has 3 aromatic carbocycles. The average Bonchev–Trinajstić information content (AvgIpc) is 2.92. The fourth-order valence-corrected chi connectivity index (χ4v) is 5.43. The first-order valence-electron chi connectivity index (χ1n) is 12.8. The van der Waals surface area contributed by atoms with E-state index in [2.05, 4.69) is 4.90 Å². The Bertz CT molecular complexity index is 1180. The Morgan fingerprint density at radius 1 is 0.947 bits per heavy atom. The number of hydrogen-bond donors (Lipinski definition) is 1. The van der Waals surface area contributed by atoms with Crippen LogP contribution in [0.4, 0.5) is 8.78 Å². The van der Waals surface area contributed by atoms with Crippen LogP contribution in [0.3, 0.4) is 0 Å². The predicted molar refractivity (Wildman–Crippen MR) is 143 cm³/mol. The molecule has 0 amide bonds. The van der Waals surface area contributed by atoms with Gasteiger partial charge in [-0.1, -0.05) is 24.3 Å². The van der Waals surface area contributed by atoms with Crippen LogP contribution in [0.2, 0.25) is 0 Å². The molecule has 0 aliphatic carbocycles. The van der Waals surface area contributed by atoms with Crippen LogP contribution < -0.4 is 9.47 Å². The first-order chi connectivity index (χ1) is 17.9. The molecule has 8 heteroatoms. The van der Waals surface area contributed by atoms with Crippen molar-refractivity contribution in [2.75, 3.05) is 32.8 Å². The summed E-state index contributed by atoms with van der Waals surface area (Å²) < 4.78 is 38.7. The number of Topliss-reactive ketones (excluding diaryl/α,β-unsaturated/α-hetero) is 1. The van der Waals surface area contributed by atoms with E-state index in [1.165, 1.54) is 24.3 Å². The molecule has 2 aliphatic heterocycles. The first kappa shape index (κ1) is 28.0. The van der Waals surface area contributed by atoms with Crippen LogP contribution in [0.15, 0.2) is 66.7 Å². The van der Waals surface area contributed by atoms with E-state index in [0.29, 0.717) is 47.8 Å². The Morgan fingerprint density at radius 3 is 2.16 bits per heavy atom. The minimum atomic E-state index is -1.33. The summed E-state index contributed by atoms with van der Waals surface area (Å²) in [6, 6.07) is 17.2. The van der Waals surface area contributed by atoms with E-state index in [4.69, 9.17) is 9.47 Å². The number of nitrogens with zero attached hydrogens (tertiary/aromatic N) is 1. The molecule has 0 saturated carbocycles. The van der Waals surface area contributed by atoms with Crippen molar-refractivity contribution in [1.29, 1.82) is 0 Å². The van der Waals surface area contributed by atoms with Crippen LogP contribution in [0.1, 0.15) is 47.2 Å². The number of hydrogen-bond acceptors (Lipinski definition) is 5. The molecule has 0 spiro atoms. The molecule has 0 radical (unpaired) electrons. The number of piperidine rings is 1. The number of aliphatic hydroxyl groups is 1. The van der Waals surface area contributed by atoms with Gasteiger partial charge in [0.1, 0.15) is 28.7 Å². The Morgan fingerprint density at radius 2 is 1.55 bits per heavy atom. The van der Waals surface area contributed by atoms with E-state index in [9.17, 15) is 18.7 Å². The minimum Gasteiger partial charge on any atom is -0.493 e. The SMILES string of the molecule is Cl.O=C1CCOc2cc(OCCCN3CCC(C(O)(c4ccc(F)cc4)c4ccc(F)cc4)CC3)ccc21. The fourth-order valence-electron chi connectivity index (χ4n) is 5.43. The topological polar surface area (TPSA) is 59.0 Å². The van der Waals surface area contributed by atoms with Crippen molar-refractivity contribution in [3.8, 4) is 11.5 Å². The highest BCUT2D eigenvalue weighted by Crippen LogP contribution is 2.42. The summed E-state index contributed by atoms with van der Waals surface area (Å²) in [6.45, 7) is 3.43. The number of likely N-dealkylation sites (tertiary alicyclic amines) is 1. The first-order valence-corrected chi connectivity index (χ1v) is 12.8. The van der Waals surface area contributed by atoms with E-state index in [-0.39, 0.29) is 35.7 Å². The van der Waals surface area contributed by atoms with Gasteiger partial charge in [-0.3, -0.25) is 4.79 Å². The van der Waals surface area contributed by atoms with Crippen LogP contribution in [0.5, 0.6) is 11.5 Å². The van der Waals surface area contributed by atoms with Crippen LogP contribution in [-0.2, 0) is 5.60 Å². The number of ketones is 1. The van der Waals surface area contributed by atoms with Gasteiger partial charge in [0.15, 0.2) is 5.78 Å². The monoisotopic (exact) mass is 543 g/mol. The van der Waals surface area contributed by atoms with E-state index < -0.39 is 5.60 Å². The molecular formula is C30H32ClF2NO4. The molecule has 5 rings (SSSR count). The molecule has 0 bridgehead atoms. The van der Waals surface area contributed by atoms with Gasteiger partial charge in [0.25, 0.3) is 0 Å². The van der Waals surface area contributed by atoms with Gasteiger partial charge >= 0.3 is 0 Å². The number of carbonyl (C=O) groups excluding carboxylic acids is 1. The van der Waals surface area contributed by atoms with Crippen molar-refractivity contribution in [2.45, 2.75) is 31.3 Å². The smallest absolute Gasteiger partial charge is 0.169 e. The van der Waals surface area contributed by atoms with Gasteiger partial charge in [-0.05, 0) is 85.8 Å². The van der Waals surface area contributed by atoms with Gasteiger partial charge in [0, 0.05) is 19.0 Å². The zero-order valence-electron chi connectivity index (χ0n) is 21.1. The number of halogens is 3. The minimum absolute atomic E-state index is 0. The molecule has 2 heterocycles. The predicted octanol–water partition coefficient (Wildman–Crippen LogP) is 5.77. The Balaban J connectivity index is 0.00000336. The lowest BCUT2D eigenvalue weighted by Crippen LogP contribution is -2.44. The van der Waals surface area contributed by atoms with Crippen molar-refractivity contribution < 1.29 is 28.2 Å². The molecule has 1 fully saturated rings. The highest BCUT2D eigenvalue weighted by atomic mass is 35.5. The highest BCUT2D eigenvalue weighted by molar-refractivity contribution is 5.99. The standard InChI is InChI=1S/C30H31F2NO4.ClH/c31-24-6-2-21(3-7-24)30(35,22-4-8-25(32)9-5-22)23-12-16-33(17-13-23)15-1-18-36-26-10-11-27-28(34)14-19-37-29(27)20-26;/h2-11,20,23,35H,1,12-19H2;1H. The van der Waals surface area contributed by atoms with Crippen LogP contribution in [0.25, 0.3) is 0 Å². The number of ether oxygens (including phenoxy) is 2. The lowest BCUT2D eigenvalue weighted by molar-refractivity contribution is -0.0147. The molecule has 1 saturated heterocycles. The van der Waals surface area contributed by atoms with Crippen LogP contribution in [0, 0.1) is 17.6 Å². The summed E-state index contributed by atoms with van der Waals surface area (Å²) in [7, 11) is 0. The summed E-state index contributed by atoms with van der Waals surface area (Å²) >= 11 is 0. The second-order valence-electron chi connectivity index (χ2n) is 9.78. The Labute approximate surface area is 227 Å². The molecule has 5 nitrogen and oxygen atoms in total. The average molecular weight is 544 g/mol. The summed E-state index contributed by atoms with van der Waals surface area (Å²) in [5.41, 5.74) is 0.515. The third-order valence-electron chi connectivity index (χ3n) is 7.47. The molecule has 0 aromatic heterocycles. The van der Waals surface area contributed by atoms with E-state index in [1.54, 1.807) is 36.4 Å². The quantitative estimate of drug-likeness (QED) is 0.366. The van der Waals surface area contributed by atoms with Gasteiger partial charge in [-0.25, -0.2) is 8.78 Å². The van der Waals surface area contributed by atoms with Gasteiger partial charge in [0.05, 0.1) is 18.8 Å². The van der Waals surface area contributed by atoms with Gasteiger partial charge in [-0.15, -0.1) is 12.4 Å². The molecule has 3 aromatic rings. The zero-order valence-corrected chi connectivity index (χ0v) is 21.9. The van der Waals surface area contributed by atoms with Crippen LogP contribution >= 0.6 is 12.4 Å². The fraction of sp³-hybridized carbons (Fsp3) is 0.367. The van der Waals surface area contributed by atoms with Crippen molar-refractivity contribution in [1.82, 2.24) is 4.90 Å². The Hall–Kier alpha value is -3.00. The maximum Gasteiger partial charge on any atom is 0.169 e. The maximum atomic E-state index is 13.6. The molecule has 38 heavy (non-hydrogen) atoms. The molecule has 202 valence electrons. The summed E-state index contributed by atoms with van der Waals surface area (Å²) in [4.78, 5) is 14.3. The van der Waals surface area contributed by atoms with Crippen molar-refractivity contribution >= 4 is 18.2 Å². The van der Waals surface area contributed by atoms with E-state index in [1.807, 2.05) is 6.07 Å². The molecule has 0 unspecified atom stereocenters. The van der Waals surface area contributed by atoms with Crippen LogP contribution in [-0.4, -0.2) is 48.6 Å². The third kappa shape index (κ3) is 6.01. The van der Waals surface area contributed by atoms with E-state index >= 15 is 0 Å². The highest BCUT2D eigenvalue weighted by Gasteiger charge is 2.41. The summed E-state index contributed by atoms with van der Waals surface area (Å²) in [5, 5.41) is 12.0. The molecular weight excluding hydrogens is 512 g/mol. The van der Waals surface area contributed by atoms with Crippen molar-refractivity contribution in [3.05, 3.63) is 95.1 Å². The summed E-state index contributed by atoms with van der Waals surface area (Å²) in [6.07, 6.45) is 2.75. The number of carbonyl (C=O) groups is 1. The second-order valence-corrected chi connectivity index (χ2v) is 9.78. The van der Waals surface area contributed by atoms with E-state index in [0.717, 1.165) is 38.9 Å². The number of fused-ring (bicyclic) bond motifs is 1. The van der Waals surface area contributed by atoms with Gasteiger partial charge in [-0.2, -0.15) is 0 Å². The normalized spacial score (nSPS) is 16.3. The number of rotatable bonds is 8. The maximum absolute atomic E-state index is 13.6. The molecule has 2 aliphatic rings. The lowest BCUT2D eigenvalue weighted by Gasteiger charge is -2.42. The largest absolute Gasteiger partial charge is 0.493 e. The zero-order chi connectivity index (χ0) is 25.8. The van der Waals surface area contributed by atoms with Crippen molar-refractivity contribution in [3.63, 3.8) is 0 Å². The number of benzene rings is 3. The lowest BCUT2D eigenvalue weighted by atomic mass is 9.72. The van der Waals surface area contributed by atoms with Gasteiger partial charge in [0.2, 0.25) is 0 Å². The van der Waals surface area contributed by atoms with Gasteiger partial charge < -0.3 is 19.5 Å². The Kier molecular flexibility index (Phi) is 9.03.